The molecule has 1 saturated heterocycles. The molecule has 0 aromatic heterocycles. The molecule has 0 aromatic rings. The number of aliphatic imine (C=N–C) groups is 1. The molecule has 0 unspecified atom stereocenters. The van der Waals surface area contributed by atoms with Gasteiger partial charge in [-0.05, 0) is 31.1 Å². The third-order valence-electron chi connectivity index (χ3n) is 4.54. The lowest BCUT2D eigenvalue weighted by molar-refractivity contribution is 0.134. The summed E-state index contributed by atoms with van der Waals surface area (Å²) in [4.78, 5) is 6.83. The minimum atomic E-state index is 0. The molecule has 5 heteroatoms. The number of guanidine groups is 1. The SMILES string of the molecule is CCCCOCCNC(=NC)N1CCC2(CCC2)C1.I. The molecule has 2 aliphatic rings. The van der Waals surface area contributed by atoms with Gasteiger partial charge in [0.15, 0.2) is 5.96 Å². The van der Waals surface area contributed by atoms with Crippen LogP contribution in [0.2, 0.25) is 0 Å². The summed E-state index contributed by atoms with van der Waals surface area (Å²) in [5.41, 5.74) is 0.634. The Labute approximate surface area is 140 Å². The maximum Gasteiger partial charge on any atom is 0.193 e. The fourth-order valence-corrected chi connectivity index (χ4v) is 3.12. The number of ether oxygens (including phenoxy) is 1. The lowest BCUT2D eigenvalue weighted by Crippen LogP contribution is -2.43. The quantitative estimate of drug-likeness (QED) is 0.325. The third kappa shape index (κ3) is 4.76. The molecule has 1 heterocycles. The Kier molecular flexibility index (Phi) is 8.17. The van der Waals surface area contributed by atoms with Gasteiger partial charge in [0.2, 0.25) is 0 Å². The summed E-state index contributed by atoms with van der Waals surface area (Å²) in [5, 5.41) is 3.43. The Bertz CT molecular complexity index is 305. The fourth-order valence-electron chi connectivity index (χ4n) is 3.12. The normalized spacial score (nSPS) is 20.7. The van der Waals surface area contributed by atoms with E-state index >= 15 is 0 Å². The third-order valence-corrected chi connectivity index (χ3v) is 4.54. The van der Waals surface area contributed by atoms with Gasteiger partial charge in [0.1, 0.15) is 0 Å². The topological polar surface area (TPSA) is 36.9 Å². The second kappa shape index (κ2) is 9.07. The Morgan fingerprint density at radius 2 is 2.10 bits per heavy atom. The van der Waals surface area contributed by atoms with E-state index in [2.05, 4.69) is 22.1 Å². The van der Waals surface area contributed by atoms with Crippen LogP contribution >= 0.6 is 24.0 Å². The van der Waals surface area contributed by atoms with Crippen molar-refractivity contribution in [2.45, 2.75) is 45.4 Å². The molecule has 2 rings (SSSR count). The predicted octanol–water partition coefficient (Wildman–Crippen LogP) is 2.87. The van der Waals surface area contributed by atoms with Gasteiger partial charge in [-0.1, -0.05) is 19.8 Å². The van der Waals surface area contributed by atoms with Gasteiger partial charge in [-0.15, -0.1) is 24.0 Å². The van der Waals surface area contributed by atoms with Gasteiger partial charge in [-0.2, -0.15) is 0 Å². The van der Waals surface area contributed by atoms with Crippen molar-refractivity contribution in [3.05, 3.63) is 0 Å². The van der Waals surface area contributed by atoms with Crippen molar-refractivity contribution in [2.24, 2.45) is 10.4 Å². The van der Waals surface area contributed by atoms with E-state index in [9.17, 15) is 0 Å². The van der Waals surface area contributed by atoms with Crippen LogP contribution in [0, 0.1) is 5.41 Å². The number of unbranched alkanes of at least 4 members (excludes halogenated alkanes) is 1. The molecule has 4 nitrogen and oxygen atoms in total. The maximum absolute atomic E-state index is 5.57. The van der Waals surface area contributed by atoms with E-state index in [4.69, 9.17) is 4.74 Å². The van der Waals surface area contributed by atoms with Crippen molar-refractivity contribution >= 4 is 29.9 Å². The minimum absolute atomic E-state index is 0. The molecule has 0 atom stereocenters. The van der Waals surface area contributed by atoms with E-state index in [0.29, 0.717) is 5.41 Å². The highest BCUT2D eigenvalue weighted by atomic mass is 127. The van der Waals surface area contributed by atoms with Crippen molar-refractivity contribution in [3.8, 4) is 0 Å². The van der Waals surface area contributed by atoms with Crippen LogP contribution in [0.4, 0.5) is 0 Å². The number of nitrogens with zero attached hydrogens (tertiary/aromatic N) is 2. The van der Waals surface area contributed by atoms with Crippen LogP contribution in [-0.4, -0.2) is 50.8 Å². The zero-order chi connectivity index (χ0) is 13.6. The highest BCUT2D eigenvalue weighted by Gasteiger charge is 2.43. The molecule has 0 amide bonds. The Morgan fingerprint density at radius 3 is 2.65 bits per heavy atom. The number of hydrogen-bond donors (Lipinski definition) is 1. The van der Waals surface area contributed by atoms with E-state index in [1.54, 1.807) is 0 Å². The summed E-state index contributed by atoms with van der Waals surface area (Å²) in [6.45, 7) is 7.06. The van der Waals surface area contributed by atoms with Crippen molar-refractivity contribution in [2.75, 3.05) is 39.9 Å². The molecule has 2 fully saturated rings. The first-order chi connectivity index (χ1) is 9.29. The van der Waals surface area contributed by atoms with Crippen molar-refractivity contribution in [1.82, 2.24) is 10.2 Å². The van der Waals surface area contributed by atoms with Gasteiger partial charge in [0.05, 0.1) is 6.61 Å². The number of halogens is 1. The molecular weight excluding hydrogens is 365 g/mol. The van der Waals surface area contributed by atoms with Gasteiger partial charge in [-0.3, -0.25) is 4.99 Å². The molecule has 118 valence electrons. The molecule has 0 aromatic carbocycles. The summed E-state index contributed by atoms with van der Waals surface area (Å²) in [6, 6.07) is 0. The Hall–Kier alpha value is -0.0400. The Balaban J connectivity index is 0.00000200. The summed E-state index contributed by atoms with van der Waals surface area (Å²) < 4.78 is 5.57. The zero-order valence-electron chi connectivity index (χ0n) is 13.0. The molecule has 1 saturated carbocycles. The maximum atomic E-state index is 5.57. The number of rotatable bonds is 6. The second-order valence-corrected chi connectivity index (χ2v) is 5.97. The monoisotopic (exact) mass is 395 g/mol. The first kappa shape index (κ1) is 18.0. The van der Waals surface area contributed by atoms with Crippen LogP contribution in [0.3, 0.4) is 0 Å². The van der Waals surface area contributed by atoms with Crippen LogP contribution < -0.4 is 5.32 Å². The van der Waals surface area contributed by atoms with Crippen LogP contribution in [0.5, 0.6) is 0 Å². The van der Waals surface area contributed by atoms with Crippen molar-refractivity contribution in [1.29, 1.82) is 0 Å². The lowest BCUT2D eigenvalue weighted by atomic mass is 9.68. The van der Waals surface area contributed by atoms with Gasteiger partial charge in [0, 0.05) is 33.3 Å². The molecule has 20 heavy (non-hydrogen) atoms. The van der Waals surface area contributed by atoms with Gasteiger partial charge >= 0.3 is 0 Å². The highest BCUT2D eigenvalue weighted by Crippen LogP contribution is 2.47. The number of hydrogen-bond acceptors (Lipinski definition) is 2. The number of likely N-dealkylation sites (tertiary alicyclic amines) is 1. The standard InChI is InChI=1S/C15H29N3O.HI/c1-3-4-11-19-12-9-17-14(16-2)18-10-8-15(13-18)6-5-7-15;/h3-13H2,1-2H3,(H,16,17);1H. The largest absolute Gasteiger partial charge is 0.380 e. The van der Waals surface area contributed by atoms with E-state index in [1.807, 2.05) is 7.05 Å². The van der Waals surface area contributed by atoms with Crippen molar-refractivity contribution in [3.63, 3.8) is 0 Å². The molecule has 1 aliphatic heterocycles. The lowest BCUT2D eigenvalue weighted by Gasteiger charge is -2.38. The minimum Gasteiger partial charge on any atom is -0.380 e. The van der Waals surface area contributed by atoms with E-state index in [-0.39, 0.29) is 24.0 Å². The average molecular weight is 395 g/mol. The van der Waals surface area contributed by atoms with Crippen LogP contribution in [0.25, 0.3) is 0 Å². The molecule has 0 bridgehead atoms. The second-order valence-electron chi connectivity index (χ2n) is 5.97. The van der Waals surface area contributed by atoms with E-state index in [0.717, 1.165) is 38.7 Å². The molecule has 1 spiro atoms. The van der Waals surface area contributed by atoms with Gasteiger partial charge < -0.3 is 15.0 Å². The van der Waals surface area contributed by atoms with Crippen LogP contribution in [-0.2, 0) is 4.74 Å². The van der Waals surface area contributed by atoms with Gasteiger partial charge in [0.25, 0.3) is 0 Å². The summed E-state index contributed by atoms with van der Waals surface area (Å²) in [7, 11) is 1.88. The molecule has 1 N–H and O–H groups in total. The Morgan fingerprint density at radius 1 is 1.30 bits per heavy atom. The average Bonchev–Trinajstić information content (AvgIpc) is 2.83. The fraction of sp³-hybridized carbons (Fsp3) is 0.933. The molecule has 0 radical (unpaired) electrons. The number of nitrogens with one attached hydrogen (secondary N) is 1. The van der Waals surface area contributed by atoms with Crippen molar-refractivity contribution < 1.29 is 4.74 Å². The van der Waals surface area contributed by atoms with E-state index in [1.165, 1.54) is 38.6 Å². The van der Waals surface area contributed by atoms with Crippen LogP contribution in [0.15, 0.2) is 4.99 Å². The summed E-state index contributed by atoms with van der Waals surface area (Å²) in [6.07, 6.45) is 7.96. The molecular formula is C15H30IN3O. The zero-order valence-corrected chi connectivity index (χ0v) is 15.3. The van der Waals surface area contributed by atoms with Gasteiger partial charge in [-0.25, -0.2) is 0 Å². The first-order valence-electron chi connectivity index (χ1n) is 7.83. The first-order valence-corrected chi connectivity index (χ1v) is 7.83. The van der Waals surface area contributed by atoms with Crippen LogP contribution in [0.1, 0.15) is 45.4 Å². The summed E-state index contributed by atoms with van der Waals surface area (Å²) in [5.74, 6) is 1.06. The summed E-state index contributed by atoms with van der Waals surface area (Å²) >= 11 is 0. The van der Waals surface area contributed by atoms with E-state index < -0.39 is 0 Å². The smallest absolute Gasteiger partial charge is 0.193 e. The molecule has 1 aliphatic carbocycles. The predicted molar refractivity (Wildman–Crippen MR) is 95.0 cm³/mol. The highest BCUT2D eigenvalue weighted by molar-refractivity contribution is 14.0.